The monoisotopic (exact) mass is 449 g/mol. The molecule has 0 radical (unpaired) electrons. The van der Waals surface area contributed by atoms with Gasteiger partial charge in [0.25, 0.3) is 0 Å². The van der Waals surface area contributed by atoms with Crippen LogP contribution in [-0.4, -0.2) is 38.8 Å². The number of ether oxygens (including phenoxy) is 1. The van der Waals surface area contributed by atoms with Gasteiger partial charge in [0.05, 0.1) is 17.8 Å². The third-order valence-electron chi connectivity index (χ3n) is 4.69. The number of hydrogen-bond donors (Lipinski definition) is 3. The van der Waals surface area contributed by atoms with Gasteiger partial charge in [-0.25, -0.2) is 9.37 Å². The Kier molecular flexibility index (Phi) is 6.34. The number of anilines is 4. The zero-order valence-corrected chi connectivity index (χ0v) is 18.5. The van der Waals surface area contributed by atoms with Gasteiger partial charge >= 0.3 is 0 Å². The van der Waals surface area contributed by atoms with Crippen LogP contribution in [0.3, 0.4) is 0 Å². The summed E-state index contributed by atoms with van der Waals surface area (Å²) in [6, 6.07) is 14.7. The van der Waals surface area contributed by atoms with Crippen molar-refractivity contribution in [1.29, 1.82) is 0 Å². The van der Waals surface area contributed by atoms with Crippen LogP contribution >= 0.6 is 0 Å². The summed E-state index contributed by atoms with van der Waals surface area (Å²) in [4.78, 5) is 20.1. The molecule has 0 spiro atoms. The number of carbonyl (C=O) groups excluding carboxylic acids is 1. The normalized spacial score (nSPS) is 10.9. The molecule has 0 aliphatic heterocycles. The second-order valence-corrected chi connectivity index (χ2v) is 7.53. The van der Waals surface area contributed by atoms with Crippen molar-refractivity contribution in [3.8, 4) is 5.75 Å². The van der Waals surface area contributed by atoms with E-state index >= 15 is 0 Å². The number of fused-ring (bicyclic) bond motifs is 1. The quantitative estimate of drug-likeness (QED) is 0.374. The number of amides is 1. The fourth-order valence-electron chi connectivity index (χ4n) is 3.20. The Labute approximate surface area is 190 Å². The van der Waals surface area contributed by atoms with Gasteiger partial charge in [-0.05, 0) is 50.2 Å². The van der Waals surface area contributed by atoms with E-state index in [1.807, 2.05) is 62.4 Å². The highest BCUT2D eigenvalue weighted by molar-refractivity contribution is 5.92. The molecule has 2 heterocycles. The SMILES string of the molecule is CNC(=O)Cn1nc(Nc2nc(Nc3ccc(OC(C)C)cc3)ncc2F)c2ccccc21. The number of hydrogen-bond acceptors (Lipinski definition) is 7. The Bertz CT molecular complexity index is 1270. The van der Waals surface area contributed by atoms with Gasteiger partial charge in [-0.1, -0.05) is 12.1 Å². The summed E-state index contributed by atoms with van der Waals surface area (Å²) in [6.07, 6.45) is 1.16. The summed E-state index contributed by atoms with van der Waals surface area (Å²) in [6.45, 7) is 3.95. The number of aromatic nitrogens is 4. The van der Waals surface area contributed by atoms with Crippen molar-refractivity contribution >= 4 is 40.1 Å². The summed E-state index contributed by atoms with van der Waals surface area (Å²) in [5.74, 6) is 0.476. The van der Waals surface area contributed by atoms with Crippen molar-refractivity contribution in [2.45, 2.75) is 26.5 Å². The third kappa shape index (κ3) is 5.17. The number of para-hydroxylation sites is 1. The minimum absolute atomic E-state index is 0.0360. The van der Waals surface area contributed by atoms with Crippen LogP contribution in [0.15, 0.2) is 54.7 Å². The van der Waals surface area contributed by atoms with E-state index in [2.05, 4.69) is 31.0 Å². The Morgan fingerprint density at radius 2 is 1.85 bits per heavy atom. The van der Waals surface area contributed by atoms with Crippen molar-refractivity contribution in [2.75, 3.05) is 17.7 Å². The van der Waals surface area contributed by atoms with Crippen molar-refractivity contribution in [3.05, 3.63) is 60.5 Å². The largest absolute Gasteiger partial charge is 0.491 e. The van der Waals surface area contributed by atoms with Crippen molar-refractivity contribution in [2.24, 2.45) is 0 Å². The van der Waals surface area contributed by atoms with E-state index in [9.17, 15) is 9.18 Å². The lowest BCUT2D eigenvalue weighted by Crippen LogP contribution is -2.24. The summed E-state index contributed by atoms with van der Waals surface area (Å²) in [5, 5.41) is 13.7. The van der Waals surface area contributed by atoms with Crippen LogP contribution < -0.4 is 20.7 Å². The highest BCUT2D eigenvalue weighted by atomic mass is 19.1. The second kappa shape index (κ2) is 9.51. The second-order valence-electron chi connectivity index (χ2n) is 7.53. The lowest BCUT2D eigenvalue weighted by Gasteiger charge is -2.11. The number of halogens is 1. The fraction of sp³-hybridized carbons (Fsp3) is 0.217. The molecular formula is C23H24FN7O2. The highest BCUT2D eigenvalue weighted by Crippen LogP contribution is 2.27. The number of likely N-dealkylation sites (N-methyl/N-ethyl adjacent to an activating group) is 1. The first-order valence-electron chi connectivity index (χ1n) is 10.4. The number of benzene rings is 2. The van der Waals surface area contributed by atoms with E-state index in [4.69, 9.17) is 4.74 Å². The molecule has 2 aromatic heterocycles. The molecule has 1 amide bonds. The number of rotatable bonds is 8. The molecule has 3 N–H and O–H groups in total. The maximum Gasteiger partial charge on any atom is 0.241 e. The number of nitrogens with one attached hydrogen (secondary N) is 3. The highest BCUT2D eigenvalue weighted by Gasteiger charge is 2.15. The van der Waals surface area contributed by atoms with Crippen molar-refractivity contribution in [1.82, 2.24) is 25.1 Å². The summed E-state index contributed by atoms with van der Waals surface area (Å²) in [5.41, 5.74) is 1.46. The first-order valence-corrected chi connectivity index (χ1v) is 10.4. The maximum atomic E-state index is 14.5. The van der Waals surface area contributed by atoms with Gasteiger partial charge in [-0.2, -0.15) is 10.1 Å². The van der Waals surface area contributed by atoms with E-state index < -0.39 is 5.82 Å². The Hall–Kier alpha value is -4.21. The Morgan fingerprint density at radius 3 is 2.58 bits per heavy atom. The molecule has 0 aliphatic carbocycles. The molecular weight excluding hydrogens is 425 g/mol. The van der Waals surface area contributed by atoms with E-state index in [0.717, 1.165) is 28.5 Å². The van der Waals surface area contributed by atoms with Crippen LogP contribution in [0.1, 0.15) is 13.8 Å². The van der Waals surface area contributed by atoms with Crippen LogP contribution in [0.2, 0.25) is 0 Å². The molecule has 0 aliphatic rings. The maximum absolute atomic E-state index is 14.5. The van der Waals surface area contributed by atoms with Crippen LogP contribution in [0.25, 0.3) is 10.9 Å². The molecule has 0 saturated carbocycles. The van der Waals surface area contributed by atoms with Gasteiger partial charge in [0, 0.05) is 18.1 Å². The van der Waals surface area contributed by atoms with E-state index in [1.165, 1.54) is 0 Å². The molecule has 4 aromatic rings. The number of carbonyl (C=O) groups is 1. The van der Waals surface area contributed by atoms with Crippen molar-refractivity contribution in [3.63, 3.8) is 0 Å². The minimum atomic E-state index is -0.633. The molecule has 170 valence electrons. The van der Waals surface area contributed by atoms with E-state index in [-0.39, 0.29) is 30.3 Å². The molecule has 2 aromatic carbocycles. The van der Waals surface area contributed by atoms with Gasteiger partial charge in [0.15, 0.2) is 17.5 Å². The molecule has 9 nitrogen and oxygen atoms in total. The minimum Gasteiger partial charge on any atom is -0.491 e. The fourth-order valence-corrected chi connectivity index (χ4v) is 3.20. The molecule has 4 rings (SSSR count). The van der Waals surface area contributed by atoms with Gasteiger partial charge < -0.3 is 20.7 Å². The molecule has 0 fully saturated rings. The van der Waals surface area contributed by atoms with Gasteiger partial charge in [-0.3, -0.25) is 9.48 Å². The van der Waals surface area contributed by atoms with Crippen LogP contribution in [0, 0.1) is 5.82 Å². The molecule has 0 unspecified atom stereocenters. The first kappa shape index (κ1) is 22.0. The smallest absolute Gasteiger partial charge is 0.241 e. The molecule has 10 heteroatoms. The average molecular weight is 449 g/mol. The summed E-state index contributed by atoms with van der Waals surface area (Å²) >= 11 is 0. The zero-order chi connectivity index (χ0) is 23.4. The third-order valence-corrected chi connectivity index (χ3v) is 4.69. The summed E-state index contributed by atoms with van der Waals surface area (Å²) in [7, 11) is 1.56. The van der Waals surface area contributed by atoms with Crippen LogP contribution in [0.4, 0.5) is 27.7 Å². The predicted octanol–water partition coefficient (Wildman–Crippen LogP) is 3.99. The molecule has 0 atom stereocenters. The lowest BCUT2D eigenvalue weighted by atomic mass is 10.2. The lowest BCUT2D eigenvalue weighted by molar-refractivity contribution is -0.121. The first-order chi connectivity index (χ1) is 15.9. The topological polar surface area (TPSA) is 106 Å². The van der Waals surface area contributed by atoms with Gasteiger partial charge in [0.2, 0.25) is 11.9 Å². The van der Waals surface area contributed by atoms with Gasteiger partial charge in [0.1, 0.15) is 12.3 Å². The van der Waals surface area contributed by atoms with Crippen molar-refractivity contribution < 1.29 is 13.9 Å². The van der Waals surface area contributed by atoms with Crippen LogP contribution in [-0.2, 0) is 11.3 Å². The zero-order valence-electron chi connectivity index (χ0n) is 18.5. The summed E-state index contributed by atoms with van der Waals surface area (Å²) < 4.78 is 21.7. The van der Waals surface area contributed by atoms with E-state index in [1.54, 1.807) is 11.7 Å². The van der Waals surface area contributed by atoms with Gasteiger partial charge in [-0.15, -0.1) is 0 Å². The molecule has 0 saturated heterocycles. The Morgan fingerprint density at radius 1 is 1.09 bits per heavy atom. The Balaban J connectivity index is 1.57. The molecule has 33 heavy (non-hydrogen) atoms. The van der Waals surface area contributed by atoms with Crippen LogP contribution in [0.5, 0.6) is 5.75 Å². The van der Waals surface area contributed by atoms with E-state index in [0.29, 0.717) is 5.82 Å². The molecule has 0 bridgehead atoms. The standard InChI is InChI=1S/C23H24FN7O2/c1-14(2)33-16-10-8-15(9-11-16)27-23-26-12-18(24)22(29-23)28-21-17-6-4-5-7-19(17)31(30-21)13-20(32)25-3/h4-12,14H,13H2,1-3H3,(H,25,32)(H2,26,27,28,29,30). The number of nitrogens with zero attached hydrogens (tertiary/aromatic N) is 4. The predicted molar refractivity (Wildman–Crippen MR) is 125 cm³/mol. The average Bonchev–Trinajstić information content (AvgIpc) is 3.14.